The number of hydrogen-bond acceptors (Lipinski definition) is 4. The molecule has 1 fully saturated rings. The lowest BCUT2D eigenvalue weighted by atomic mass is 10.1. The van der Waals surface area contributed by atoms with Crippen molar-refractivity contribution in [3.8, 4) is 0 Å². The summed E-state index contributed by atoms with van der Waals surface area (Å²) in [6.07, 6.45) is 12.4. The molecule has 5 nitrogen and oxygen atoms in total. The average Bonchev–Trinajstić information content (AvgIpc) is 3.32. The van der Waals surface area contributed by atoms with Crippen LogP contribution >= 0.6 is 11.6 Å². The molecule has 0 amide bonds. The third-order valence-electron chi connectivity index (χ3n) is 5.31. The second-order valence-electron chi connectivity index (χ2n) is 6.95. The largest absolute Gasteiger partial charge is 0.336 e. The van der Waals surface area contributed by atoms with E-state index in [0.29, 0.717) is 0 Å². The average molecular weight is 372 g/mol. The number of rotatable bonds is 2. The molecule has 5 rings (SSSR count). The maximum Gasteiger partial charge on any atom is 0.186 e. The van der Waals surface area contributed by atoms with Crippen molar-refractivity contribution in [1.82, 2.24) is 19.4 Å². The van der Waals surface area contributed by atoms with Crippen LogP contribution in [-0.2, 0) is 6.67 Å². The molecular weight excluding hydrogens is 353 g/mol. The number of allylic oxidation sites excluding steroid dienone is 1. The number of aryl methyl sites for hydroxylation is 1. The van der Waals surface area contributed by atoms with Crippen molar-refractivity contribution in [2.45, 2.75) is 32.7 Å². The van der Waals surface area contributed by atoms with Gasteiger partial charge in [-0.2, -0.15) is 0 Å². The molecule has 0 saturated carbocycles. The quantitative estimate of drug-likeness (QED) is 0.798. The minimum Gasteiger partial charge on any atom is -0.336 e. The number of hydrogen-bond donors (Lipinski definition) is 0. The lowest BCUT2D eigenvalue weighted by Crippen LogP contribution is -2.51. The summed E-state index contributed by atoms with van der Waals surface area (Å²) in [5.41, 5.74) is 3.13. The Balaban J connectivity index is 1.56. The maximum absolute atomic E-state index is 13.9. The third-order valence-corrected chi connectivity index (χ3v) is 5.60. The summed E-state index contributed by atoms with van der Waals surface area (Å²) in [4.78, 5) is 11.3. The van der Waals surface area contributed by atoms with E-state index in [1.807, 2.05) is 25.4 Å². The molecule has 7 heteroatoms. The molecule has 3 aliphatic rings. The molecule has 1 saturated heterocycles. The molecule has 1 aromatic heterocycles. The molecule has 0 spiro atoms. The van der Waals surface area contributed by atoms with Crippen LogP contribution in [0.15, 0.2) is 42.6 Å². The lowest BCUT2D eigenvalue weighted by molar-refractivity contribution is 0.110. The fourth-order valence-electron chi connectivity index (χ4n) is 4.08. The number of halogens is 2. The molecule has 0 bridgehead atoms. The Hall–Kier alpha value is -2.47. The first-order valence-corrected chi connectivity index (χ1v) is 9.16. The van der Waals surface area contributed by atoms with E-state index in [1.54, 1.807) is 6.07 Å². The highest BCUT2D eigenvalue weighted by Crippen LogP contribution is 2.39. The van der Waals surface area contributed by atoms with Crippen molar-refractivity contribution in [2.75, 3.05) is 11.4 Å². The van der Waals surface area contributed by atoms with Gasteiger partial charge < -0.3 is 19.3 Å². The summed E-state index contributed by atoms with van der Waals surface area (Å²) >= 11 is 6.09. The van der Waals surface area contributed by atoms with Crippen LogP contribution in [0.25, 0.3) is 6.08 Å². The van der Waals surface area contributed by atoms with Gasteiger partial charge >= 0.3 is 0 Å². The zero-order valence-electron chi connectivity index (χ0n) is 14.4. The number of anilines is 1. The zero-order valence-corrected chi connectivity index (χ0v) is 15.2. The van der Waals surface area contributed by atoms with E-state index in [4.69, 9.17) is 11.6 Å². The fourth-order valence-corrected chi connectivity index (χ4v) is 4.24. The summed E-state index contributed by atoms with van der Waals surface area (Å²) in [5, 5.41) is 0.154. The molecule has 0 aliphatic carbocycles. The summed E-state index contributed by atoms with van der Waals surface area (Å²) in [7, 11) is 0. The van der Waals surface area contributed by atoms with Gasteiger partial charge in [0.25, 0.3) is 0 Å². The van der Waals surface area contributed by atoms with E-state index < -0.39 is 0 Å². The Labute approximate surface area is 156 Å². The van der Waals surface area contributed by atoms with Gasteiger partial charge in [0.05, 0.1) is 11.7 Å². The van der Waals surface area contributed by atoms with Gasteiger partial charge in [-0.1, -0.05) is 11.6 Å². The molecule has 1 atom stereocenters. The number of fused-ring (bicyclic) bond motifs is 2. The van der Waals surface area contributed by atoms with Crippen LogP contribution in [0.5, 0.6) is 0 Å². The highest BCUT2D eigenvalue weighted by molar-refractivity contribution is 6.31. The lowest BCUT2D eigenvalue weighted by Gasteiger charge is -2.41. The number of aromatic nitrogens is 2. The van der Waals surface area contributed by atoms with E-state index in [1.165, 1.54) is 11.8 Å². The summed E-state index contributed by atoms with van der Waals surface area (Å²) < 4.78 is 16.0. The van der Waals surface area contributed by atoms with Gasteiger partial charge in [0, 0.05) is 42.7 Å². The monoisotopic (exact) mass is 371 g/mol. The van der Waals surface area contributed by atoms with Crippen LogP contribution in [-0.4, -0.2) is 32.2 Å². The van der Waals surface area contributed by atoms with E-state index in [2.05, 4.69) is 36.7 Å². The number of imidazole rings is 1. The molecule has 1 unspecified atom stereocenters. The number of nitrogens with zero attached hydrogens (tertiary/aromatic N) is 5. The standard InChI is InChI=1S/C19H19ClFN5/c1-13-9-16(21)15(20)10-17(13)26-11-14-3-2-6-25(14)19(26)24-7-4-18-22-5-8-23(18)12-24/h4-5,7-11,19H,2-3,6,12H2,1H3. The van der Waals surface area contributed by atoms with E-state index >= 15 is 0 Å². The molecule has 3 aliphatic heterocycles. The predicted molar refractivity (Wildman–Crippen MR) is 99.5 cm³/mol. The van der Waals surface area contributed by atoms with Gasteiger partial charge in [-0.3, -0.25) is 0 Å². The summed E-state index contributed by atoms with van der Waals surface area (Å²) in [6.45, 7) is 3.66. The minimum absolute atomic E-state index is 0.0135. The zero-order chi connectivity index (χ0) is 17.8. The van der Waals surface area contributed by atoms with Gasteiger partial charge in [-0.15, -0.1) is 0 Å². The Bertz CT molecular complexity index is 934. The summed E-state index contributed by atoms with van der Waals surface area (Å²) in [6, 6.07) is 3.24. The molecular formula is C19H19ClFN5. The molecule has 1 aromatic carbocycles. The van der Waals surface area contributed by atoms with Crippen LogP contribution in [0.2, 0.25) is 5.02 Å². The van der Waals surface area contributed by atoms with Crippen molar-refractivity contribution in [3.05, 3.63) is 64.9 Å². The molecule has 26 heavy (non-hydrogen) atoms. The first kappa shape index (κ1) is 15.8. The van der Waals surface area contributed by atoms with Crippen molar-refractivity contribution in [1.29, 1.82) is 0 Å². The minimum atomic E-state index is -0.377. The molecule has 0 radical (unpaired) electrons. The second kappa shape index (κ2) is 5.77. The topological polar surface area (TPSA) is 27.5 Å². The maximum atomic E-state index is 13.9. The molecule has 4 heterocycles. The molecule has 134 valence electrons. The van der Waals surface area contributed by atoms with Crippen LogP contribution < -0.4 is 4.90 Å². The normalized spacial score (nSPS) is 21.3. The highest BCUT2D eigenvalue weighted by Gasteiger charge is 2.39. The van der Waals surface area contributed by atoms with Crippen LogP contribution in [0.4, 0.5) is 10.1 Å². The predicted octanol–water partition coefficient (Wildman–Crippen LogP) is 3.97. The Morgan fingerprint density at radius 3 is 3.08 bits per heavy atom. The Morgan fingerprint density at radius 2 is 2.19 bits per heavy atom. The van der Waals surface area contributed by atoms with Gasteiger partial charge in [-0.25, -0.2) is 9.37 Å². The van der Waals surface area contributed by atoms with E-state index in [9.17, 15) is 4.39 Å². The first-order valence-electron chi connectivity index (χ1n) is 8.78. The van der Waals surface area contributed by atoms with Crippen LogP contribution in [0, 0.1) is 12.7 Å². The highest BCUT2D eigenvalue weighted by atomic mass is 35.5. The SMILES string of the molecule is Cc1cc(F)c(Cl)cc1N1C=C2CCCN2C1N1C=Cc2nccn2C1. The van der Waals surface area contributed by atoms with Gasteiger partial charge in [0.15, 0.2) is 6.29 Å². The Morgan fingerprint density at radius 1 is 1.31 bits per heavy atom. The third kappa shape index (κ3) is 2.32. The summed E-state index contributed by atoms with van der Waals surface area (Å²) in [5.74, 6) is 0.583. The van der Waals surface area contributed by atoms with Crippen molar-refractivity contribution in [3.63, 3.8) is 0 Å². The molecule has 2 aromatic rings. The fraction of sp³-hybridized carbons (Fsp3) is 0.316. The molecule has 0 N–H and O–H groups in total. The van der Waals surface area contributed by atoms with Gasteiger partial charge in [0.1, 0.15) is 11.6 Å². The smallest absolute Gasteiger partial charge is 0.186 e. The van der Waals surface area contributed by atoms with Crippen LogP contribution in [0.1, 0.15) is 24.2 Å². The number of benzene rings is 1. The first-order chi connectivity index (χ1) is 12.6. The van der Waals surface area contributed by atoms with Crippen molar-refractivity contribution >= 4 is 23.4 Å². The second-order valence-corrected chi connectivity index (χ2v) is 7.36. The van der Waals surface area contributed by atoms with Crippen LogP contribution in [0.3, 0.4) is 0 Å². The van der Waals surface area contributed by atoms with Gasteiger partial charge in [0.2, 0.25) is 0 Å². The van der Waals surface area contributed by atoms with E-state index in [-0.39, 0.29) is 17.1 Å². The Kier molecular flexibility index (Phi) is 3.50. The van der Waals surface area contributed by atoms with Gasteiger partial charge in [-0.05, 0) is 43.5 Å². The van der Waals surface area contributed by atoms with Crippen molar-refractivity contribution in [2.24, 2.45) is 0 Å². The van der Waals surface area contributed by atoms with Crippen molar-refractivity contribution < 1.29 is 4.39 Å². The van der Waals surface area contributed by atoms with E-state index in [0.717, 1.165) is 43.1 Å².